The first-order valence-corrected chi connectivity index (χ1v) is 10.7. The molecule has 3 heterocycles. The third-order valence-corrected chi connectivity index (χ3v) is 5.90. The molecule has 168 valence electrons. The van der Waals surface area contributed by atoms with Crippen LogP contribution in [0.25, 0.3) is 0 Å². The standard InChI is InChI=1S/C22H31N5O4/c1-5-31-22(30)16-8-10-27(11-9-16)13-17-6-7-18(21(29)24-17)20(28)23-12-19-14(2)25-26(4)15(19)3/h6-7,16H,5,8-13H2,1-4H3,(H,23,28)(H,24,29). The van der Waals surface area contributed by atoms with E-state index in [1.807, 2.05) is 27.8 Å². The third kappa shape index (κ3) is 5.41. The van der Waals surface area contributed by atoms with Crippen LogP contribution in [0.4, 0.5) is 0 Å². The maximum atomic E-state index is 12.5. The van der Waals surface area contributed by atoms with E-state index in [4.69, 9.17) is 4.74 Å². The Balaban J connectivity index is 1.56. The van der Waals surface area contributed by atoms with Gasteiger partial charge in [-0.15, -0.1) is 0 Å². The van der Waals surface area contributed by atoms with Crippen molar-refractivity contribution in [1.29, 1.82) is 0 Å². The highest BCUT2D eigenvalue weighted by atomic mass is 16.5. The molecule has 2 aromatic rings. The minimum absolute atomic E-state index is 0.0478. The van der Waals surface area contributed by atoms with Crippen LogP contribution in [-0.2, 0) is 29.7 Å². The van der Waals surface area contributed by atoms with E-state index in [1.165, 1.54) is 0 Å². The van der Waals surface area contributed by atoms with Crippen molar-refractivity contribution < 1.29 is 14.3 Å². The first-order chi connectivity index (χ1) is 14.8. The zero-order valence-corrected chi connectivity index (χ0v) is 18.7. The van der Waals surface area contributed by atoms with E-state index < -0.39 is 11.5 Å². The fraction of sp³-hybridized carbons (Fsp3) is 0.545. The van der Waals surface area contributed by atoms with Crippen molar-refractivity contribution in [3.63, 3.8) is 0 Å². The molecule has 0 radical (unpaired) electrons. The number of aryl methyl sites for hydroxylation is 2. The molecule has 0 aromatic carbocycles. The molecule has 2 aromatic heterocycles. The van der Waals surface area contributed by atoms with Gasteiger partial charge in [0.25, 0.3) is 11.5 Å². The molecule has 0 spiro atoms. The van der Waals surface area contributed by atoms with E-state index in [-0.39, 0.29) is 17.5 Å². The summed E-state index contributed by atoms with van der Waals surface area (Å²) in [4.78, 5) is 41.9. The Labute approximate surface area is 181 Å². The van der Waals surface area contributed by atoms with Crippen molar-refractivity contribution in [2.24, 2.45) is 13.0 Å². The van der Waals surface area contributed by atoms with Crippen molar-refractivity contribution >= 4 is 11.9 Å². The number of aromatic amines is 1. The van der Waals surface area contributed by atoms with Crippen LogP contribution in [0.5, 0.6) is 0 Å². The number of hydrogen-bond acceptors (Lipinski definition) is 6. The number of carbonyl (C=O) groups excluding carboxylic acids is 2. The summed E-state index contributed by atoms with van der Waals surface area (Å²) >= 11 is 0. The summed E-state index contributed by atoms with van der Waals surface area (Å²) in [7, 11) is 1.86. The smallest absolute Gasteiger partial charge is 0.309 e. The van der Waals surface area contributed by atoms with Crippen LogP contribution in [0.2, 0.25) is 0 Å². The number of aromatic nitrogens is 3. The molecule has 1 aliphatic rings. The van der Waals surface area contributed by atoms with Gasteiger partial charge in [0.15, 0.2) is 0 Å². The zero-order valence-electron chi connectivity index (χ0n) is 18.7. The number of pyridine rings is 1. The first-order valence-electron chi connectivity index (χ1n) is 10.7. The molecule has 2 N–H and O–H groups in total. The van der Waals surface area contributed by atoms with Crippen LogP contribution >= 0.6 is 0 Å². The van der Waals surface area contributed by atoms with Crippen molar-refractivity contribution in [3.05, 3.63) is 50.7 Å². The van der Waals surface area contributed by atoms with Crippen LogP contribution in [0.3, 0.4) is 0 Å². The van der Waals surface area contributed by atoms with Gasteiger partial charge in [-0.25, -0.2) is 0 Å². The number of H-pyrrole nitrogens is 1. The second kappa shape index (κ2) is 9.91. The van der Waals surface area contributed by atoms with E-state index in [1.54, 1.807) is 16.8 Å². The summed E-state index contributed by atoms with van der Waals surface area (Å²) < 4.78 is 6.87. The minimum atomic E-state index is -0.411. The van der Waals surface area contributed by atoms with Gasteiger partial charge < -0.3 is 15.0 Å². The van der Waals surface area contributed by atoms with Crippen LogP contribution in [0.1, 0.15) is 52.8 Å². The Bertz CT molecular complexity index is 1000. The Kier molecular flexibility index (Phi) is 7.27. The summed E-state index contributed by atoms with van der Waals surface area (Å²) in [6.07, 6.45) is 1.49. The molecule has 0 aliphatic carbocycles. The maximum Gasteiger partial charge on any atom is 0.309 e. The van der Waals surface area contributed by atoms with Crippen molar-refractivity contribution in [2.45, 2.75) is 46.7 Å². The second-order valence-corrected chi connectivity index (χ2v) is 7.98. The third-order valence-electron chi connectivity index (χ3n) is 5.90. The minimum Gasteiger partial charge on any atom is -0.466 e. The molecule has 0 unspecified atom stereocenters. The summed E-state index contributed by atoms with van der Waals surface area (Å²) in [6.45, 7) is 8.47. The quantitative estimate of drug-likeness (QED) is 0.645. The van der Waals surface area contributed by atoms with Gasteiger partial charge in [-0.2, -0.15) is 5.10 Å². The first kappa shape index (κ1) is 22.7. The highest BCUT2D eigenvalue weighted by Gasteiger charge is 2.26. The van der Waals surface area contributed by atoms with Crippen LogP contribution in [-0.4, -0.2) is 51.2 Å². The lowest BCUT2D eigenvalue weighted by atomic mass is 9.97. The summed E-state index contributed by atoms with van der Waals surface area (Å²) in [5.74, 6) is -0.582. The number of nitrogens with one attached hydrogen (secondary N) is 2. The number of rotatable bonds is 7. The van der Waals surface area contributed by atoms with Crippen LogP contribution in [0.15, 0.2) is 16.9 Å². The van der Waals surface area contributed by atoms with Gasteiger partial charge in [-0.3, -0.25) is 24.0 Å². The number of amides is 1. The van der Waals surface area contributed by atoms with E-state index in [0.717, 1.165) is 48.6 Å². The molecular weight excluding hydrogens is 398 g/mol. The molecule has 0 bridgehead atoms. The SMILES string of the molecule is CCOC(=O)C1CCN(Cc2ccc(C(=O)NCc3c(C)nn(C)c3C)c(=O)[nH]2)CC1. The topological polar surface area (TPSA) is 109 Å². The lowest BCUT2D eigenvalue weighted by Crippen LogP contribution is -2.37. The van der Waals surface area contributed by atoms with E-state index >= 15 is 0 Å². The highest BCUT2D eigenvalue weighted by molar-refractivity contribution is 5.93. The van der Waals surface area contributed by atoms with Gasteiger partial charge in [0.1, 0.15) is 5.56 Å². The molecule has 31 heavy (non-hydrogen) atoms. The summed E-state index contributed by atoms with van der Waals surface area (Å²) in [6, 6.07) is 3.34. The molecule has 1 amide bonds. The molecule has 3 rings (SSSR count). The monoisotopic (exact) mass is 429 g/mol. The lowest BCUT2D eigenvalue weighted by molar-refractivity contribution is -0.149. The predicted octanol–water partition coefficient (Wildman–Crippen LogP) is 1.43. The average Bonchev–Trinajstić information content (AvgIpc) is 2.98. The van der Waals surface area contributed by atoms with E-state index in [9.17, 15) is 14.4 Å². The van der Waals surface area contributed by atoms with Crippen molar-refractivity contribution in [2.75, 3.05) is 19.7 Å². The fourth-order valence-electron chi connectivity index (χ4n) is 3.95. The number of carbonyl (C=O) groups is 2. The highest BCUT2D eigenvalue weighted by Crippen LogP contribution is 2.20. The predicted molar refractivity (Wildman–Crippen MR) is 116 cm³/mol. The molecular formula is C22H31N5O4. The normalized spacial score (nSPS) is 15.1. The zero-order chi connectivity index (χ0) is 22.5. The Hall–Kier alpha value is -2.94. The summed E-state index contributed by atoms with van der Waals surface area (Å²) in [5, 5.41) is 7.15. The molecule has 9 heteroatoms. The van der Waals surface area contributed by atoms with Gasteiger partial charge >= 0.3 is 5.97 Å². The Morgan fingerprint density at radius 1 is 1.26 bits per heavy atom. The molecule has 0 atom stereocenters. The molecule has 0 saturated carbocycles. The van der Waals surface area contributed by atoms with Gasteiger partial charge in [0.05, 0.1) is 18.2 Å². The fourth-order valence-corrected chi connectivity index (χ4v) is 3.95. The number of hydrogen-bond donors (Lipinski definition) is 2. The van der Waals surface area contributed by atoms with Gasteiger partial charge in [-0.05, 0) is 58.8 Å². The number of ether oxygens (including phenoxy) is 1. The summed E-state index contributed by atoms with van der Waals surface area (Å²) in [5.41, 5.74) is 3.22. The number of piperidine rings is 1. The van der Waals surface area contributed by atoms with Crippen molar-refractivity contribution in [1.82, 2.24) is 25.0 Å². The maximum absolute atomic E-state index is 12.5. The molecule has 1 fully saturated rings. The Morgan fingerprint density at radius 2 is 1.97 bits per heavy atom. The van der Waals surface area contributed by atoms with E-state index in [0.29, 0.717) is 19.7 Å². The van der Waals surface area contributed by atoms with E-state index in [2.05, 4.69) is 20.3 Å². The van der Waals surface area contributed by atoms with Crippen LogP contribution in [0, 0.1) is 19.8 Å². The second-order valence-electron chi connectivity index (χ2n) is 7.98. The molecule has 1 saturated heterocycles. The van der Waals surface area contributed by atoms with Crippen LogP contribution < -0.4 is 10.9 Å². The van der Waals surface area contributed by atoms with Gasteiger partial charge in [0.2, 0.25) is 0 Å². The number of nitrogens with zero attached hydrogens (tertiary/aromatic N) is 3. The van der Waals surface area contributed by atoms with Gasteiger partial charge in [-0.1, -0.05) is 0 Å². The molecule has 1 aliphatic heterocycles. The Morgan fingerprint density at radius 3 is 2.55 bits per heavy atom. The van der Waals surface area contributed by atoms with Crippen molar-refractivity contribution in [3.8, 4) is 0 Å². The average molecular weight is 430 g/mol. The largest absolute Gasteiger partial charge is 0.466 e. The molecule has 9 nitrogen and oxygen atoms in total. The lowest BCUT2D eigenvalue weighted by Gasteiger charge is -2.30. The van der Waals surface area contributed by atoms with Gasteiger partial charge in [0, 0.05) is 37.1 Å². The number of esters is 1. The number of likely N-dealkylation sites (tertiary alicyclic amines) is 1.